The van der Waals surface area contributed by atoms with Crippen LogP contribution in [0.2, 0.25) is 0 Å². The van der Waals surface area contributed by atoms with Crippen molar-refractivity contribution in [1.29, 1.82) is 0 Å². The Kier molecular flexibility index (Phi) is 8.17. The van der Waals surface area contributed by atoms with Crippen LogP contribution in [-0.4, -0.2) is 34.0 Å². The SMILES string of the molecule is O=C(C=Cc1ccco1)Nc1ccc(Cc2ccc(NC(=O)C=Cc3ccco3)c(C(=O)O)c2)cc1C(=O)O. The van der Waals surface area contributed by atoms with E-state index in [1.807, 2.05) is 0 Å². The van der Waals surface area contributed by atoms with Gasteiger partial charge in [-0.1, -0.05) is 12.1 Å². The van der Waals surface area contributed by atoms with Crippen molar-refractivity contribution >= 4 is 47.3 Å². The third-order valence-electron chi connectivity index (χ3n) is 5.44. The monoisotopic (exact) mass is 526 g/mol. The molecule has 0 radical (unpaired) electrons. The summed E-state index contributed by atoms with van der Waals surface area (Å²) in [5, 5.41) is 24.4. The number of rotatable bonds is 10. The lowest BCUT2D eigenvalue weighted by Crippen LogP contribution is -2.13. The number of carbonyl (C=O) groups excluding carboxylic acids is 2. The first-order chi connectivity index (χ1) is 18.8. The molecule has 196 valence electrons. The second kappa shape index (κ2) is 12.1. The lowest BCUT2D eigenvalue weighted by molar-refractivity contribution is -0.112. The van der Waals surface area contributed by atoms with Gasteiger partial charge in [-0.3, -0.25) is 9.59 Å². The molecule has 10 heteroatoms. The Balaban J connectivity index is 1.48. The smallest absolute Gasteiger partial charge is 0.337 e. The standard InChI is InChI=1S/C29H22N2O8/c32-26(11-7-20-3-1-13-38-20)30-24-9-5-18(16-22(24)28(34)35)15-19-6-10-25(23(17-19)29(36)37)31-27(33)12-8-21-4-2-14-39-21/h1-14,16-17H,15H2,(H,30,32)(H,31,33)(H,34,35)(H,36,37). The van der Waals surface area contributed by atoms with Crippen LogP contribution in [0.15, 0.2) is 94.2 Å². The van der Waals surface area contributed by atoms with E-state index in [4.69, 9.17) is 8.83 Å². The van der Waals surface area contributed by atoms with E-state index in [1.165, 1.54) is 61.1 Å². The molecule has 39 heavy (non-hydrogen) atoms. The van der Waals surface area contributed by atoms with E-state index < -0.39 is 23.8 Å². The number of nitrogens with one attached hydrogen (secondary N) is 2. The van der Waals surface area contributed by atoms with Crippen LogP contribution < -0.4 is 10.6 Å². The van der Waals surface area contributed by atoms with E-state index in [0.29, 0.717) is 22.6 Å². The second-order valence-electron chi connectivity index (χ2n) is 8.22. The van der Waals surface area contributed by atoms with Gasteiger partial charge in [0.05, 0.1) is 35.0 Å². The molecule has 4 N–H and O–H groups in total. The van der Waals surface area contributed by atoms with Crippen molar-refractivity contribution in [3.8, 4) is 0 Å². The second-order valence-corrected chi connectivity index (χ2v) is 8.22. The Labute approximate surface area is 221 Å². The first-order valence-electron chi connectivity index (χ1n) is 11.6. The van der Waals surface area contributed by atoms with Crippen molar-refractivity contribution in [3.05, 3.63) is 119 Å². The van der Waals surface area contributed by atoms with Crippen molar-refractivity contribution in [3.63, 3.8) is 0 Å². The van der Waals surface area contributed by atoms with Gasteiger partial charge in [0.2, 0.25) is 11.8 Å². The predicted molar refractivity (Wildman–Crippen MR) is 142 cm³/mol. The largest absolute Gasteiger partial charge is 0.478 e. The highest BCUT2D eigenvalue weighted by Gasteiger charge is 2.16. The molecule has 4 aromatic rings. The van der Waals surface area contributed by atoms with Gasteiger partial charge in [0.15, 0.2) is 0 Å². The van der Waals surface area contributed by atoms with Gasteiger partial charge in [-0.15, -0.1) is 0 Å². The van der Waals surface area contributed by atoms with E-state index in [0.717, 1.165) is 0 Å². The quantitative estimate of drug-likeness (QED) is 0.206. The van der Waals surface area contributed by atoms with Gasteiger partial charge < -0.3 is 29.7 Å². The Bertz CT molecular complexity index is 1450. The van der Waals surface area contributed by atoms with Crippen molar-refractivity contribution in [2.24, 2.45) is 0 Å². The Morgan fingerprint density at radius 3 is 1.46 bits per heavy atom. The number of benzene rings is 2. The fourth-order valence-electron chi connectivity index (χ4n) is 3.65. The van der Waals surface area contributed by atoms with Crippen LogP contribution in [0.4, 0.5) is 11.4 Å². The molecular formula is C29H22N2O8. The van der Waals surface area contributed by atoms with Gasteiger partial charge in [-0.05, 0) is 78.2 Å². The molecule has 0 spiro atoms. The molecule has 2 heterocycles. The maximum atomic E-state index is 12.2. The van der Waals surface area contributed by atoms with Gasteiger partial charge in [-0.2, -0.15) is 0 Å². The summed E-state index contributed by atoms with van der Waals surface area (Å²) in [5.74, 6) is -2.62. The van der Waals surface area contributed by atoms with Crippen molar-refractivity contribution in [2.75, 3.05) is 10.6 Å². The summed E-state index contributed by atoms with van der Waals surface area (Å²) >= 11 is 0. The van der Waals surface area contributed by atoms with Crippen molar-refractivity contribution in [2.45, 2.75) is 6.42 Å². The maximum absolute atomic E-state index is 12.2. The van der Waals surface area contributed by atoms with Gasteiger partial charge in [0, 0.05) is 12.2 Å². The Hall–Kier alpha value is -5.64. The minimum atomic E-state index is -1.24. The number of anilines is 2. The summed E-state index contributed by atoms with van der Waals surface area (Å²) in [6, 6.07) is 15.7. The van der Waals surface area contributed by atoms with Gasteiger partial charge in [0.25, 0.3) is 0 Å². The number of hydrogen-bond acceptors (Lipinski definition) is 6. The van der Waals surface area contributed by atoms with Crippen molar-refractivity contribution in [1.82, 2.24) is 0 Å². The summed E-state index contributed by atoms with van der Waals surface area (Å²) in [5.41, 5.74) is 1.10. The number of carboxylic acid groups (broad SMARTS) is 2. The highest BCUT2D eigenvalue weighted by atomic mass is 16.4. The molecule has 0 bridgehead atoms. The first kappa shape index (κ1) is 26.4. The molecule has 2 aromatic carbocycles. The summed E-state index contributed by atoms with van der Waals surface area (Å²) in [7, 11) is 0. The zero-order chi connectivity index (χ0) is 27.8. The number of carbonyl (C=O) groups is 4. The molecule has 0 saturated heterocycles. The third-order valence-corrected chi connectivity index (χ3v) is 5.44. The topological polar surface area (TPSA) is 159 Å². The van der Waals surface area contributed by atoms with Crippen molar-refractivity contribution < 1.29 is 38.2 Å². The molecule has 0 aliphatic carbocycles. The van der Waals surface area contributed by atoms with E-state index in [9.17, 15) is 29.4 Å². The number of amides is 2. The molecule has 0 aliphatic heterocycles. The predicted octanol–water partition coefficient (Wildman–Crippen LogP) is 5.16. The van der Waals surface area contributed by atoms with Crippen LogP contribution in [0.5, 0.6) is 0 Å². The summed E-state index contributed by atoms with van der Waals surface area (Å²) in [4.78, 5) is 48.2. The third kappa shape index (κ3) is 7.20. The van der Waals surface area contributed by atoms with Crippen LogP contribution >= 0.6 is 0 Å². The van der Waals surface area contributed by atoms with Crippen LogP contribution in [-0.2, 0) is 16.0 Å². The van der Waals surface area contributed by atoms with E-state index in [-0.39, 0.29) is 28.9 Å². The number of aromatic carboxylic acids is 2. The van der Waals surface area contributed by atoms with Crippen LogP contribution in [0.3, 0.4) is 0 Å². The molecule has 0 saturated carbocycles. The zero-order valence-electron chi connectivity index (χ0n) is 20.3. The molecule has 0 unspecified atom stereocenters. The average Bonchev–Trinajstić information content (AvgIpc) is 3.62. The summed E-state index contributed by atoms with van der Waals surface area (Å²) in [6.07, 6.45) is 8.47. The fourth-order valence-corrected chi connectivity index (χ4v) is 3.65. The highest BCUT2D eigenvalue weighted by molar-refractivity contribution is 6.07. The first-order valence-corrected chi connectivity index (χ1v) is 11.6. The van der Waals surface area contributed by atoms with Gasteiger partial charge in [-0.25, -0.2) is 9.59 Å². The molecule has 10 nitrogen and oxygen atoms in total. The van der Waals surface area contributed by atoms with Gasteiger partial charge in [0.1, 0.15) is 11.5 Å². The van der Waals surface area contributed by atoms with E-state index in [2.05, 4.69) is 10.6 Å². The highest BCUT2D eigenvalue weighted by Crippen LogP contribution is 2.23. The maximum Gasteiger partial charge on any atom is 0.337 e. The molecule has 0 aliphatic rings. The summed E-state index contributed by atoms with van der Waals surface area (Å²) in [6.45, 7) is 0. The molecule has 0 fully saturated rings. The Morgan fingerprint density at radius 1 is 0.667 bits per heavy atom. The summed E-state index contributed by atoms with van der Waals surface area (Å²) < 4.78 is 10.2. The number of furan rings is 2. The molecule has 2 aromatic heterocycles. The van der Waals surface area contributed by atoms with E-state index >= 15 is 0 Å². The molecular weight excluding hydrogens is 504 g/mol. The normalized spacial score (nSPS) is 11.1. The minimum absolute atomic E-state index is 0.104. The van der Waals surface area contributed by atoms with Crippen LogP contribution in [0, 0.1) is 0 Å². The molecule has 0 atom stereocenters. The lowest BCUT2D eigenvalue weighted by atomic mass is 9.99. The van der Waals surface area contributed by atoms with Crippen LogP contribution in [0.1, 0.15) is 43.4 Å². The lowest BCUT2D eigenvalue weighted by Gasteiger charge is -2.12. The molecule has 2 amide bonds. The van der Waals surface area contributed by atoms with Gasteiger partial charge >= 0.3 is 11.9 Å². The molecule has 4 rings (SSSR count). The average molecular weight is 527 g/mol. The number of carboxylic acids is 2. The number of hydrogen-bond donors (Lipinski definition) is 4. The minimum Gasteiger partial charge on any atom is -0.478 e. The van der Waals surface area contributed by atoms with E-state index in [1.54, 1.807) is 36.4 Å². The fraction of sp³-hybridized carbons (Fsp3) is 0.0345. The van der Waals surface area contributed by atoms with Crippen LogP contribution in [0.25, 0.3) is 12.2 Å². The Morgan fingerprint density at radius 2 is 1.10 bits per heavy atom. The zero-order valence-corrected chi connectivity index (χ0v) is 20.3.